The van der Waals surface area contributed by atoms with Crippen LogP contribution < -0.4 is 10.5 Å². The number of hydrogen-bond donors (Lipinski definition) is 1. The fraction of sp³-hybridized carbons (Fsp3) is 0.333. The minimum Gasteiger partial charge on any atom is -0.486 e. The van der Waals surface area contributed by atoms with Crippen molar-refractivity contribution in [3.05, 3.63) is 23.8 Å². The molecule has 0 saturated heterocycles. The van der Waals surface area contributed by atoms with Gasteiger partial charge in [-0.05, 0) is 12.8 Å². The summed E-state index contributed by atoms with van der Waals surface area (Å²) in [5.41, 5.74) is 4.72. The lowest BCUT2D eigenvalue weighted by Gasteiger charge is -2.06. The third kappa shape index (κ3) is 1.66. The van der Waals surface area contributed by atoms with E-state index in [0.29, 0.717) is 0 Å². The van der Waals surface area contributed by atoms with Gasteiger partial charge in [-0.1, -0.05) is 0 Å². The van der Waals surface area contributed by atoms with Gasteiger partial charge in [-0.2, -0.15) is 0 Å². The number of nitrogens with zero attached hydrogens (tertiary/aromatic N) is 1. The fourth-order valence-corrected chi connectivity index (χ4v) is 1.04. The summed E-state index contributed by atoms with van der Waals surface area (Å²) in [4.78, 5) is 14.4. The maximum atomic E-state index is 13.4. The molecule has 5 heteroatoms. The molecule has 0 bridgehead atoms. The van der Waals surface area contributed by atoms with Crippen LogP contribution in [0.4, 0.5) is 4.39 Å². The van der Waals surface area contributed by atoms with Gasteiger partial charge >= 0.3 is 0 Å². The molecule has 0 atom stereocenters. The molecule has 1 aromatic rings. The first-order valence-corrected chi connectivity index (χ1v) is 4.28. The van der Waals surface area contributed by atoms with Gasteiger partial charge in [-0.3, -0.25) is 9.78 Å². The number of carbonyl (C=O) groups excluding carboxylic acids is 1. The molecule has 0 radical (unpaired) electrons. The van der Waals surface area contributed by atoms with Gasteiger partial charge in [0.1, 0.15) is 0 Å². The highest BCUT2D eigenvalue weighted by molar-refractivity contribution is 5.93. The van der Waals surface area contributed by atoms with Crippen LogP contribution in [0.2, 0.25) is 0 Å². The lowest BCUT2D eigenvalue weighted by Crippen LogP contribution is -2.14. The van der Waals surface area contributed by atoms with Gasteiger partial charge < -0.3 is 10.5 Å². The molecule has 1 aromatic heterocycles. The Morgan fingerprint density at radius 1 is 1.57 bits per heavy atom. The summed E-state index contributed by atoms with van der Waals surface area (Å²) in [7, 11) is 0. The van der Waals surface area contributed by atoms with E-state index in [-0.39, 0.29) is 17.4 Å². The summed E-state index contributed by atoms with van der Waals surface area (Å²) in [6.45, 7) is 0. The largest absolute Gasteiger partial charge is 0.486 e. The van der Waals surface area contributed by atoms with Gasteiger partial charge in [0.15, 0.2) is 11.6 Å². The van der Waals surface area contributed by atoms with E-state index < -0.39 is 11.7 Å². The third-order valence-electron chi connectivity index (χ3n) is 1.93. The third-order valence-corrected chi connectivity index (χ3v) is 1.93. The van der Waals surface area contributed by atoms with Crippen LogP contribution in [0.25, 0.3) is 0 Å². The van der Waals surface area contributed by atoms with E-state index in [2.05, 4.69) is 4.98 Å². The molecule has 2 rings (SSSR count). The quantitative estimate of drug-likeness (QED) is 0.779. The molecule has 4 nitrogen and oxygen atoms in total. The number of primary amides is 1. The topological polar surface area (TPSA) is 65.2 Å². The summed E-state index contributed by atoms with van der Waals surface area (Å²) >= 11 is 0. The van der Waals surface area contributed by atoms with Crippen LogP contribution in [-0.4, -0.2) is 17.0 Å². The number of pyridine rings is 1. The molecule has 1 heterocycles. The first-order valence-electron chi connectivity index (χ1n) is 4.28. The first-order chi connectivity index (χ1) is 6.68. The molecule has 14 heavy (non-hydrogen) atoms. The zero-order chi connectivity index (χ0) is 10.1. The normalized spacial score (nSPS) is 15.2. The van der Waals surface area contributed by atoms with E-state index in [1.165, 1.54) is 6.20 Å². The van der Waals surface area contributed by atoms with Gasteiger partial charge in [0, 0.05) is 6.20 Å². The molecule has 0 aliphatic heterocycles. The number of hydrogen-bond acceptors (Lipinski definition) is 3. The molecule has 1 saturated carbocycles. The number of amides is 1. The summed E-state index contributed by atoms with van der Waals surface area (Å²) < 4.78 is 18.6. The maximum absolute atomic E-state index is 13.4. The minimum atomic E-state index is -0.837. The Balaban J connectivity index is 2.30. The fourth-order valence-electron chi connectivity index (χ4n) is 1.04. The predicted octanol–water partition coefficient (Wildman–Crippen LogP) is 0.861. The predicted molar refractivity (Wildman–Crippen MR) is 46.4 cm³/mol. The Morgan fingerprint density at radius 2 is 2.29 bits per heavy atom. The van der Waals surface area contributed by atoms with Crippen LogP contribution in [0, 0.1) is 5.82 Å². The number of nitrogens with two attached hydrogens (primary N) is 1. The summed E-state index contributed by atoms with van der Waals surface area (Å²) in [5.74, 6) is -1.56. The smallest absolute Gasteiger partial charge is 0.253 e. The lowest BCUT2D eigenvalue weighted by molar-refractivity contribution is 0.0994. The molecule has 1 fully saturated rings. The Bertz CT molecular complexity index is 377. The Labute approximate surface area is 79.9 Å². The number of rotatable bonds is 3. The number of carbonyl (C=O) groups is 1. The highest BCUT2D eigenvalue weighted by Crippen LogP contribution is 2.28. The molecular formula is C9H9FN2O2. The van der Waals surface area contributed by atoms with E-state index in [4.69, 9.17) is 10.5 Å². The summed E-state index contributed by atoms with van der Waals surface area (Å²) in [6, 6.07) is 0. The van der Waals surface area contributed by atoms with Crippen LogP contribution in [0.5, 0.6) is 5.75 Å². The standard InChI is InChI=1S/C9H9FN2O2/c10-8-6(9(11)13)3-12-4-7(8)14-5-1-2-5/h3-5H,1-2H2,(H2,11,13). The Hall–Kier alpha value is -1.65. The van der Waals surface area contributed by atoms with Gasteiger partial charge in [0.25, 0.3) is 5.91 Å². The lowest BCUT2D eigenvalue weighted by atomic mass is 10.2. The molecule has 0 aromatic carbocycles. The van der Waals surface area contributed by atoms with Crippen LogP contribution in [0.15, 0.2) is 12.4 Å². The van der Waals surface area contributed by atoms with Crippen molar-refractivity contribution >= 4 is 5.91 Å². The van der Waals surface area contributed by atoms with Gasteiger partial charge in [0.05, 0.1) is 17.9 Å². The van der Waals surface area contributed by atoms with E-state index in [1.807, 2.05) is 0 Å². The average molecular weight is 196 g/mol. The van der Waals surface area contributed by atoms with Crippen molar-refractivity contribution in [3.63, 3.8) is 0 Å². The number of ether oxygens (including phenoxy) is 1. The number of aromatic nitrogens is 1. The van der Waals surface area contributed by atoms with Gasteiger partial charge in [-0.25, -0.2) is 4.39 Å². The van der Waals surface area contributed by atoms with E-state index in [1.54, 1.807) is 0 Å². The Morgan fingerprint density at radius 3 is 2.86 bits per heavy atom. The molecule has 1 amide bonds. The molecule has 0 spiro atoms. The number of halogens is 1. The highest BCUT2D eigenvalue weighted by Gasteiger charge is 2.26. The van der Waals surface area contributed by atoms with Crippen molar-refractivity contribution < 1.29 is 13.9 Å². The molecule has 2 N–H and O–H groups in total. The van der Waals surface area contributed by atoms with Crippen molar-refractivity contribution in [2.24, 2.45) is 5.73 Å². The van der Waals surface area contributed by atoms with Gasteiger partial charge in [0.2, 0.25) is 0 Å². The van der Waals surface area contributed by atoms with E-state index in [9.17, 15) is 9.18 Å². The summed E-state index contributed by atoms with van der Waals surface area (Å²) in [5, 5.41) is 0. The zero-order valence-corrected chi connectivity index (χ0v) is 7.37. The van der Waals surface area contributed by atoms with Crippen LogP contribution in [-0.2, 0) is 0 Å². The van der Waals surface area contributed by atoms with Crippen molar-refractivity contribution in [2.45, 2.75) is 18.9 Å². The SMILES string of the molecule is NC(=O)c1cncc(OC2CC2)c1F. The average Bonchev–Trinajstić information content (AvgIpc) is 2.92. The zero-order valence-electron chi connectivity index (χ0n) is 7.37. The second kappa shape index (κ2) is 3.25. The molecular weight excluding hydrogens is 187 g/mol. The summed E-state index contributed by atoms with van der Waals surface area (Å²) in [6.07, 6.45) is 4.24. The molecule has 1 aliphatic rings. The van der Waals surface area contributed by atoms with E-state index in [0.717, 1.165) is 19.0 Å². The minimum absolute atomic E-state index is 0.00352. The molecule has 74 valence electrons. The molecule has 1 aliphatic carbocycles. The van der Waals surface area contributed by atoms with Crippen molar-refractivity contribution in [1.29, 1.82) is 0 Å². The second-order valence-electron chi connectivity index (χ2n) is 3.18. The Kier molecular flexibility index (Phi) is 2.07. The van der Waals surface area contributed by atoms with Crippen LogP contribution in [0.3, 0.4) is 0 Å². The highest BCUT2D eigenvalue weighted by atomic mass is 19.1. The van der Waals surface area contributed by atoms with Crippen LogP contribution in [0.1, 0.15) is 23.2 Å². The van der Waals surface area contributed by atoms with E-state index >= 15 is 0 Å². The van der Waals surface area contributed by atoms with Gasteiger partial charge in [-0.15, -0.1) is 0 Å². The van der Waals surface area contributed by atoms with Crippen molar-refractivity contribution in [2.75, 3.05) is 0 Å². The van der Waals surface area contributed by atoms with Crippen molar-refractivity contribution in [1.82, 2.24) is 4.98 Å². The van der Waals surface area contributed by atoms with Crippen molar-refractivity contribution in [3.8, 4) is 5.75 Å². The maximum Gasteiger partial charge on any atom is 0.253 e. The molecule has 0 unspecified atom stereocenters. The monoisotopic (exact) mass is 196 g/mol. The van der Waals surface area contributed by atoms with Crippen LogP contribution >= 0.6 is 0 Å². The second-order valence-corrected chi connectivity index (χ2v) is 3.18. The first kappa shape index (κ1) is 8.93.